The highest BCUT2D eigenvalue weighted by Crippen LogP contribution is 2.27. The van der Waals surface area contributed by atoms with Gasteiger partial charge >= 0.3 is 0 Å². The van der Waals surface area contributed by atoms with Gasteiger partial charge in [0.2, 0.25) is 0 Å². The average molecular weight is 256 g/mol. The smallest absolute Gasteiger partial charge is 0.148 e. The Kier molecular flexibility index (Phi) is 4.11. The summed E-state index contributed by atoms with van der Waals surface area (Å²) in [7, 11) is 1.86. The fourth-order valence-electron chi connectivity index (χ4n) is 1.75. The Morgan fingerprint density at radius 3 is 2.79 bits per heavy atom. The van der Waals surface area contributed by atoms with E-state index in [2.05, 4.69) is 5.32 Å². The summed E-state index contributed by atoms with van der Waals surface area (Å²) in [5.74, 6) is 0.227. The highest BCUT2D eigenvalue weighted by atomic mass is 19.1. The SMILES string of the molecule is CNCc1cccc(Oc2cccc(F)c2C#N)c1. The highest BCUT2D eigenvalue weighted by Gasteiger charge is 2.09. The van der Waals surface area contributed by atoms with E-state index in [9.17, 15) is 4.39 Å². The molecule has 0 saturated heterocycles. The van der Waals surface area contributed by atoms with Gasteiger partial charge in [0.15, 0.2) is 0 Å². The topological polar surface area (TPSA) is 45.0 Å². The summed E-state index contributed by atoms with van der Waals surface area (Å²) in [4.78, 5) is 0. The summed E-state index contributed by atoms with van der Waals surface area (Å²) in [6.07, 6.45) is 0. The van der Waals surface area contributed by atoms with Crippen molar-refractivity contribution in [3.63, 3.8) is 0 Å². The number of rotatable bonds is 4. The van der Waals surface area contributed by atoms with Crippen LogP contribution in [0, 0.1) is 17.1 Å². The zero-order chi connectivity index (χ0) is 13.7. The lowest BCUT2D eigenvalue weighted by Gasteiger charge is -2.09. The molecule has 4 heteroatoms. The first kappa shape index (κ1) is 13.1. The zero-order valence-corrected chi connectivity index (χ0v) is 10.5. The third-order valence-corrected chi connectivity index (χ3v) is 2.59. The van der Waals surface area contributed by atoms with Gasteiger partial charge in [0.05, 0.1) is 0 Å². The Morgan fingerprint density at radius 1 is 1.26 bits per heavy atom. The molecule has 96 valence electrons. The zero-order valence-electron chi connectivity index (χ0n) is 10.5. The normalized spacial score (nSPS) is 9.95. The number of nitrogens with one attached hydrogen (secondary N) is 1. The van der Waals surface area contributed by atoms with E-state index in [0.29, 0.717) is 12.3 Å². The fraction of sp³-hybridized carbons (Fsp3) is 0.133. The third-order valence-electron chi connectivity index (χ3n) is 2.59. The summed E-state index contributed by atoms with van der Waals surface area (Å²) in [6, 6.07) is 13.6. The Hall–Kier alpha value is -2.38. The van der Waals surface area contributed by atoms with Crippen molar-refractivity contribution < 1.29 is 9.13 Å². The van der Waals surface area contributed by atoms with E-state index in [-0.39, 0.29) is 11.3 Å². The second kappa shape index (κ2) is 5.98. The number of nitriles is 1. The largest absolute Gasteiger partial charge is 0.456 e. The number of halogens is 1. The lowest BCUT2D eigenvalue weighted by atomic mass is 10.2. The number of benzene rings is 2. The number of hydrogen-bond acceptors (Lipinski definition) is 3. The second-order valence-corrected chi connectivity index (χ2v) is 4.00. The molecule has 0 radical (unpaired) electrons. The predicted octanol–water partition coefficient (Wildman–Crippen LogP) is 3.21. The molecule has 0 aromatic heterocycles. The minimum absolute atomic E-state index is 0.0819. The van der Waals surface area contributed by atoms with Crippen LogP contribution in [-0.4, -0.2) is 7.05 Å². The van der Waals surface area contributed by atoms with Gasteiger partial charge in [-0.15, -0.1) is 0 Å². The maximum absolute atomic E-state index is 13.4. The van der Waals surface area contributed by atoms with Crippen LogP contribution in [0.3, 0.4) is 0 Å². The van der Waals surface area contributed by atoms with Gasteiger partial charge in [-0.3, -0.25) is 0 Å². The summed E-state index contributed by atoms with van der Waals surface area (Å²) in [5.41, 5.74) is 0.969. The van der Waals surface area contributed by atoms with Crippen molar-refractivity contribution in [3.8, 4) is 17.6 Å². The van der Waals surface area contributed by atoms with Crippen molar-refractivity contribution >= 4 is 0 Å². The lowest BCUT2D eigenvalue weighted by molar-refractivity contribution is 0.473. The number of nitrogens with zero attached hydrogens (tertiary/aromatic N) is 1. The Bertz CT molecular complexity index is 620. The van der Waals surface area contributed by atoms with E-state index >= 15 is 0 Å². The molecule has 0 atom stereocenters. The van der Waals surface area contributed by atoms with E-state index in [1.54, 1.807) is 12.1 Å². The molecule has 0 fully saturated rings. The molecule has 0 spiro atoms. The molecule has 0 saturated carbocycles. The van der Waals surface area contributed by atoms with Crippen LogP contribution in [0.2, 0.25) is 0 Å². The molecule has 0 aliphatic heterocycles. The van der Waals surface area contributed by atoms with Gasteiger partial charge < -0.3 is 10.1 Å². The first-order valence-electron chi connectivity index (χ1n) is 5.84. The van der Waals surface area contributed by atoms with Crippen LogP contribution in [0.5, 0.6) is 11.5 Å². The predicted molar refractivity (Wildman–Crippen MR) is 70.4 cm³/mol. The molecule has 0 amide bonds. The molecule has 2 aromatic carbocycles. The number of hydrogen-bond donors (Lipinski definition) is 1. The molecule has 0 heterocycles. The molecular weight excluding hydrogens is 243 g/mol. The second-order valence-electron chi connectivity index (χ2n) is 4.00. The highest BCUT2D eigenvalue weighted by molar-refractivity contribution is 5.46. The van der Waals surface area contributed by atoms with E-state index < -0.39 is 5.82 Å². The van der Waals surface area contributed by atoms with Gasteiger partial charge in [0.1, 0.15) is 28.9 Å². The van der Waals surface area contributed by atoms with Crippen LogP contribution >= 0.6 is 0 Å². The summed E-state index contributed by atoms with van der Waals surface area (Å²) in [5, 5.41) is 12.0. The van der Waals surface area contributed by atoms with Gasteiger partial charge in [-0.1, -0.05) is 18.2 Å². The van der Waals surface area contributed by atoms with Gasteiger partial charge in [0.25, 0.3) is 0 Å². The lowest BCUT2D eigenvalue weighted by Crippen LogP contribution is -2.04. The minimum Gasteiger partial charge on any atom is -0.456 e. The first-order chi connectivity index (χ1) is 9.24. The molecular formula is C15H13FN2O. The van der Waals surface area contributed by atoms with Crippen LogP contribution < -0.4 is 10.1 Å². The molecule has 0 aliphatic rings. The van der Waals surface area contributed by atoms with Crippen LogP contribution in [0.25, 0.3) is 0 Å². The number of ether oxygens (including phenoxy) is 1. The fourth-order valence-corrected chi connectivity index (χ4v) is 1.75. The van der Waals surface area contributed by atoms with Crippen LogP contribution in [-0.2, 0) is 6.54 Å². The Balaban J connectivity index is 2.29. The molecule has 0 bridgehead atoms. The Morgan fingerprint density at radius 2 is 2.05 bits per heavy atom. The van der Waals surface area contributed by atoms with Crippen molar-refractivity contribution in [2.24, 2.45) is 0 Å². The van der Waals surface area contributed by atoms with E-state index in [0.717, 1.165) is 5.56 Å². The molecule has 3 nitrogen and oxygen atoms in total. The van der Waals surface area contributed by atoms with E-state index in [1.807, 2.05) is 31.3 Å². The summed E-state index contributed by atoms with van der Waals surface area (Å²) >= 11 is 0. The summed E-state index contributed by atoms with van der Waals surface area (Å²) < 4.78 is 19.0. The maximum atomic E-state index is 13.4. The van der Waals surface area contributed by atoms with Gasteiger partial charge in [-0.2, -0.15) is 5.26 Å². The molecule has 0 unspecified atom stereocenters. The third kappa shape index (κ3) is 3.09. The van der Waals surface area contributed by atoms with Crippen LogP contribution in [0.15, 0.2) is 42.5 Å². The molecule has 2 rings (SSSR count). The molecule has 0 aliphatic carbocycles. The average Bonchev–Trinajstić information content (AvgIpc) is 2.40. The van der Waals surface area contributed by atoms with E-state index in [1.165, 1.54) is 12.1 Å². The maximum Gasteiger partial charge on any atom is 0.148 e. The van der Waals surface area contributed by atoms with Crippen molar-refractivity contribution in [2.45, 2.75) is 6.54 Å². The molecule has 1 N–H and O–H groups in total. The molecule has 19 heavy (non-hydrogen) atoms. The van der Waals surface area contributed by atoms with Crippen molar-refractivity contribution in [2.75, 3.05) is 7.05 Å². The quantitative estimate of drug-likeness (QED) is 0.913. The summed E-state index contributed by atoms with van der Waals surface area (Å²) in [6.45, 7) is 0.714. The standard InChI is InChI=1S/C15H13FN2O/c1-18-10-11-4-2-5-12(8-11)19-15-7-3-6-14(16)13(15)9-17/h2-8,18H,10H2,1H3. The van der Waals surface area contributed by atoms with Crippen molar-refractivity contribution in [3.05, 3.63) is 59.4 Å². The van der Waals surface area contributed by atoms with Gasteiger partial charge in [-0.25, -0.2) is 4.39 Å². The van der Waals surface area contributed by atoms with Crippen LogP contribution in [0.1, 0.15) is 11.1 Å². The van der Waals surface area contributed by atoms with Crippen molar-refractivity contribution in [1.82, 2.24) is 5.32 Å². The monoisotopic (exact) mass is 256 g/mol. The van der Waals surface area contributed by atoms with Crippen molar-refractivity contribution in [1.29, 1.82) is 5.26 Å². The molecule has 2 aromatic rings. The minimum atomic E-state index is -0.577. The van der Waals surface area contributed by atoms with Gasteiger partial charge in [-0.05, 0) is 36.9 Å². The van der Waals surface area contributed by atoms with Crippen LogP contribution in [0.4, 0.5) is 4.39 Å². The Labute approximate surface area is 111 Å². The first-order valence-corrected chi connectivity index (χ1v) is 5.84. The van der Waals surface area contributed by atoms with E-state index in [4.69, 9.17) is 10.00 Å². The van der Waals surface area contributed by atoms with Gasteiger partial charge in [0, 0.05) is 6.54 Å².